The first-order valence-corrected chi connectivity index (χ1v) is 4.24. The summed E-state index contributed by atoms with van der Waals surface area (Å²) in [7, 11) is 0. The molecule has 1 rings (SSSR count). The van der Waals surface area contributed by atoms with Crippen LogP contribution in [0.25, 0.3) is 0 Å². The molecule has 2 unspecified atom stereocenters. The Morgan fingerprint density at radius 2 is 2.31 bits per heavy atom. The second-order valence-electron chi connectivity index (χ2n) is 2.92. The van der Waals surface area contributed by atoms with E-state index < -0.39 is 6.10 Å². The van der Waals surface area contributed by atoms with Gasteiger partial charge >= 0.3 is 0 Å². The molecule has 13 heavy (non-hydrogen) atoms. The minimum atomic E-state index is -0.897. The quantitative estimate of drug-likeness (QED) is 0.638. The van der Waals surface area contributed by atoms with E-state index in [1.165, 1.54) is 12.3 Å². The van der Waals surface area contributed by atoms with Gasteiger partial charge in [0.1, 0.15) is 17.5 Å². The Bertz CT molecular complexity index is 278. The van der Waals surface area contributed by atoms with Crippen molar-refractivity contribution in [1.82, 2.24) is 4.98 Å². The molecule has 4 nitrogen and oxygen atoms in total. The molecule has 0 aliphatic rings. The normalized spacial score (nSPS) is 15.3. The first-order chi connectivity index (χ1) is 6.16. The van der Waals surface area contributed by atoms with Crippen LogP contribution in [-0.4, -0.2) is 21.2 Å². The van der Waals surface area contributed by atoms with Crippen molar-refractivity contribution in [2.45, 2.75) is 25.5 Å². The van der Waals surface area contributed by atoms with Gasteiger partial charge in [-0.15, -0.1) is 0 Å². The van der Waals surface area contributed by atoms with Crippen LogP contribution >= 0.6 is 0 Å². The van der Waals surface area contributed by atoms with E-state index in [2.05, 4.69) is 4.98 Å². The van der Waals surface area contributed by atoms with Crippen molar-refractivity contribution in [2.75, 3.05) is 0 Å². The number of pyridine rings is 1. The monoisotopic (exact) mass is 182 g/mol. The highest BCUT2D eigenvalue weighted by Crippen LogP contribution is 2.23. The Kier molecular flexibility index (Phi) is 3.22. The zero-order chi connectivity index (χ0) is 9.84. The van der Waals surface area contributed by atoms with Gasteiger partial charge in [-0.25, -0.2) is 0 Å². The summed E-state index contributed by atoms with van der Waals surface area (Å²) in [4.78, 5) is 3.87. The number of nitrogens with two attached hydrogens (primary N) is 1. The van der Waals surface area contributed by atoms with Gasteiger partial charge in [0, 0.05) is 12.2 Å². The summed E-state index contributed by atoms with van der Waals surface area (Å²) in [5.74, 6) is -0.0149. The Labute approximate surface area is 77.0 Å². The van der Waals surface area contributed by atoms with Gasteiger partial charge in [0.05, 0.1) is 0 Å². The summed E-state index contributed by atoms with van der Waals surface area (Å²) < 4.78 is 0. The van der Waals surface area contributed by atoms with Crippen molar-refractivity contribution >= 4 is 0 Å². The number of hydrogen-bond donors (Lipinski definition) is 3. The predicted molar refractivity (Wildman–Crippen MR) is 49.1 cm³/mol. The smallest absolute Gasteiger partial charge is 0.139 e. The van der Waals surface area contributed by atoms with E-state index in [1.54, 1.807) is 6.07 Å². The number of aromatic hydroxyl groups is 1. The number of aliphatic hydroxyl groups excluding tert-OH is 1. The Hall–Kier alpha value is -1.13. The highest BCUT2D eigenvalue weighted by Gasteiger charge is 2.19. The van der Waals surface area contributed by atoms with E-state index in [0.717, 1.165) is 0 Å². The fourth-order valence-corrected chi connectivity index (χ4v) is 1.06. The maximum Gasteiger partial charge on any atom is 0.139 e. The van der Waals surface area contributed by atoms with Crippen LogP contribution < -0.4 is 5.73 Å². The first-order valence-electron chi connectivity index (χ1n) is 4.24. The molecule has 2 atom stereocenters. The molecule has 0 aliphatic heterocycles. The molecular weight excluding hydrogens is 168 g/mol. The lowest BCUT2D eigenvalue weighted by Crippen LogP contribution is -2.27. The molecule has 0 spiro atoms. The predicted octanol–water partition coefficient (Wildman–Crippen LogP) is 0.558. The largest absolute Gasteiger partial charge is 0.506 e. The standard InChI is InChI=1S/C9H14N2O2/c1-2-6(10)9(13)8-7(12)4-3-5-11-8/h3-6,9,12-13H,2,10H2,1H3. The molecule has 1 aromatic rings. The third-order valence-electron chi connectivity index (χ3n) is 1.97. The van der Waals surface area contributed by atoms with Crippen LogP contribution in [0.15, 0.2) is 18.3 Å². The van der Waals surface area contributed by atoms with Crippen molar-refractivity contribution in [3.8, 4) is 5.75 Å². The topological polar surface area (TPSA) is 79.4 Å². The van der Waals surface area contributed by atoms with Crippen LogP contribution in [0, 0.1) is 0 Å². The lowest BCUT2D eigenvalue weighted by atomic mass is 10.1. The number of hydrogen-bond acceptors (Lipinski definition) is 4. The van der Waals surface area contributed by atoms with Crippen molar-refractivity contribution in [3.05, 3.63) is 24.0 Å². The molecule has 0 fully saturated rings. The van der Waals surface area contributed by atoms with Crippen LogP contribution in [0.3, 0.4) is 0 Å². The van der Waals surface area contributed by atoms with Crippen molar-refractivity contribution < 1.29 is 10.2 Å². The third-order valence-corrected chi connectivity index (χ3v) is 1.97. The first kappa shape index (κ1) is 9.95. The number of rotatable bonds is 3. The van der Waals surface area contributed by atoms with Crippen LogP contribution in [-0.2, 0) is 0 Å². The number of aromatic nitrogens is 1. The van der Waals surface area contributed by atoms with E-state index >= 15 is 0 Å². The molecule has 0 amide bonds. The molecule has 0 aromatic carbocycles. The van der Waals surface area contributed by atoms with Gasteiger partial charge in [0.2, 0.25) is 0 Å². The molecule has 72 valence electrons. The molecule has 0 aliphatic carbocycles. The molecule has 4 heteroatoms. The van der Waals surface area contributed by atoms with Crippen LogP contribution in [0.1, 0.15) is 25.1 Å². The number of aliphatic hydroxyl groups is 1. The Morgan fingerprint density at radius 3 is 2.85 bits per heavy atom. The molecular formula is C9H14N2O2. The highest BCUT2D eigenvalue weighted by atomic mass is 16.3. The molecule has 1 heterocycles. The fraction of sp³-hybridized carbons (Fsp3) is 0.444. The maximum absolute atomic E-state index is 9.62. The molecule has 0 saturated heterocycles. The molecule has 1 aromatic heterocycles. The van der Waals surface area contributed by atoms with Crippen LogP contribution in [0.5, 0.6) is 5.75 Å². The average molecular weight is 182 g/mol. The summed E-state index contributed by atoms with van der Waals surface area (Å²) in [6, 6.07) is 2.69. The molecule has 0 bridgehead atoms. The van der Waals surface area contributed by atoms with Crippen LogP contribution in [0.4, 0.5) is 0 Å². The lowest BCUT2D eigenvalue weighted by Gasteiger charge is -2.16. The molecule has 0 radical (unpaired) electrons. The fourth-order valence-electron chi connectivity index (χ4n) is 1.06. The Balaban J connectivity index is 2.88. The lowest BCUT2D eigenvalue weighted by molar-refractivity contribution is 0.136. The van der Waals surface area contributed by atoms with E-state index in [0.29, 0.717) is 6.42 Å². The third kappa shape index (κ3) is 2.17. The second kappa shape index (κ2) is 4.20. The summed E-state index contributed by atoms with van der Waals surface area (Å²) >= 11 is 0. The van der Waals surface area contributed by atoms with Crippen molar-refractivity contribution in [1.29, 1.82) is 0 Å². The van der Waals surface area contributed by atoms with Gasteiger partial charge < -0.3 is 15.9 Å². The zero-order valence-corrected chi connectivity index (χ0v) is 7.51. The Morgan fingerprint density at radius 1 is 1.62 bits per heavy atom. The van der Waals surface area contributed by atoms with Gasteiger partial charge in [-0.3, -0.25) is 4.98 Å². The highest BCUT2D eigenvalue weighted by molar-refractivity contribution is 5.27. The average Bonchev–Trinajstić information content (AvgIpc) is 2.16. The SMILES string of the molecule is CCC(N)C(O)c1ncccc1O. The number of nitrogens with zero attached hydrogens (tertiary/aromatic N) is 1. The molecule has 0 saturated carbocycles. The van der Waals surface area contributed by atoms with E-state index in [4.69, 9.17) is 5.73 Å². The zero-order valence-electron chi connectivity index (χ0n) is 7.51. The summed E-state index contributed by atoms with van der Waals surface area (Å²) in [5.41, 5.74) is 5.86. The summed E-state index contributed by atoms with van der Waals surface area (Å²) in [6.07, 6.45) is 1.25. The van der Waals surface area contributed by atoms with Crippen molar-refractivity contribution in [3.63, 3.8) is 0 Å². The minimum absolute atomic E-state index is 0.0149. The van der Waals surface area contributed by atoms with Gasteiger partial charge in [-0.05, 0) is 18.6 Å². The van der Waals surface area contributed by atoms with Gasteiger partial charge in [-0.1, -0.05) is 6.92 Å². The van der Waals surface area contributed by atoms with Crippen LogP contribution in [0.2, 0.25) is 0 Å². The van der Waals surface area contributed by atoms with E-state index in [1.807, 2.05) is 6.92 Å². The van der Waals surface area contributed by atoms with Gasteiger partial charge in [-0.2, -0.15) is 0 Å². The van der Waals surface area contributed by atoms with E-state index in [9.17, 15) is 10.2 Å². The summed E-state index contributed by atoms with van der Waals surface area (Å²) in [6.45, 7) is 1.87. The maximum atomic E-state index is 9.62. The molecule has 4 N–H and O–H groups in total. The minimum Gasteiger partial charge on any atom is -0.506 e. The second-order valence-corrected chi connectivity index (χ2v) is 2.92. The van der Waals surface area contributed by atoms with Gasteiger partial charge in [0.15, 0.2) is 0 Å². The van der Waals surface area contributed by atoms with Crippen molar-refractivity contribution in [2.24, 2.45) is 5.73 Å². The summed E-state index contributed by atoms with van der Waals surface area (Å²) in [5, 5.41) is 19.0. The van der Waals surface area contributed by atoms with E-state index in [-0.39, 0.29) is 17.5 Å². The van der Waals surface area contributed by atoms with Gasteiger partial charge in [0.25, 0.3) is 0 Å².